The summed E-state index contributed by atoms with van der Waals surface area (Å²) in [4.78, 5) is 19.3. The van der Waals surface area contributed by atoms with Crippen LogP contribution in [0, 0.1) is 5.92 Å². The number of nitrogens with one attached hydrogen (secondary N) is 1. The molecule has 2 aromatic heterocycles. The minimum Gasteiger partial charge on any atom is -0.481 e. The first-order chi connectivity index (χ1) is 16.5. The van der Waals surface area contributed by atoms with Crippen molar-refractivity contribution in [2.75, 3.05) is 13.2 Å². The van der Waals surface area contributed by atoms with E-state index in [1.165, 1.54) is 5.56 Å². The summed E-state index contributed by atoms with van der Waals surface area (Å²) < 4.78 is 17.4. The molecule has 4 heterocycles. The van der Waals surface area contributed by atoms with Gasteiger partial charge >= 0.3 is 5.97 Å². The zero-order chi connectivity index (χ0) is 23.2. The summed E-state index contributed by atoms with van der Waals surface area (Å²) in [5.41, 5.74) is 4.88. The molecule has 0 amide bonds. The fourth-order valence-corrected chi connectivity index (χ4v) is 5.52. The predicted molar refractivity (Wildman–Crippen MR) is 124 cm³/mol. The molecule has 2 saturated heterocycles. The van der Waals surface area contributed by atoms with Crippen molar-refractivity contribution in [2.24, 2.45) is 5.92 Å². The van der Waals surface area contributed by atoms with E-state index in [1.807, 2.05) is 18.2 Å². The maximum absolute atomic E-state index is 11.2. The van der Waals surface area contributed by atoms with Crippen LogP contribution in [0.15, 0.2) is 42.5 Å². The maximum atomic E-state index is 11.2. The Balaban J connectivity index is 1.15. The number of H-pyrrole nitrogens is 1. The Hall–Kier alpha value is -2.94. The first-order valence-corrected chi connectivity index (χ1v) is 12.0. The van der Waals surface area contributed by atoms with Crippen LogP contribution < -0.4 is 4.74 Å². The highest BCUT2D eigenvalue weighted by Gasteiger charge is 2.48. The highest BCUT2D eigenvalue weighted by molar-refractivity contribution is 5.80. The van der Waals surface area contributed by atoms with Gasteiger partial charge < -0.3 is 29.4 Å². The molecule has 6 rings (SSSR count). The number of aromatic amines is 1. The quantitative estimate of drug-likeness (QED) is 0.530. The summed E-state index contributed by atoms with van der Waals surface area (Å²) in [6.45, 7) is 0.653. The van der Waals surface area contributed by atoms with Crippen molar-refractivity contribution in [3.8, 4) is 17.1 Å². The number of ether oxygens (including phenoxy) is 3. The van der Waals surface area contributed by atoms with E-state index in [9.17, 15) is 15.0 Å². The van der Waals surface area contributed by atoms with E-state index < -0.39 is 12.1 Å². The van der Waals surface area contributed by atoms with Crippen LogP contribution >= 0.6 is 0 Å². The second kappa shape index (κ2) is 8.69. The van der Waals surface area contributed by atoms with Crippen LogP contribution in [0.3, 0.4) is 0 Å². The molecule has 1 saturated carbocycles. The molecule has 178 valence electrons. The van der Waals surface area contributed by atoms with Gasteiger partial charge in [0.25, 0.3) is 0 Å². The Morgan fingerprint density at radius 2 is 1.76 bits per heavy atom. The molecule has 2 aliphatic heterocycles. The van der Waals surface area contributed by atoms with E-state index in [1.54, 1.807) is 0 Å². The van der Waals surface area contributed by atoms with Crippen molar-refractivity contribution in [1.29, 1.82) is 0 Å². The van der Waals surface area contributed by atoms with Crippen molar-refractivity contribution in [3.05, 3.63) is 48.0 Å². The smallest absolute Gasteiger partial charge is 0.306 e. The molecule has 1 aliphatic carbocycles. The summed E-state index contributed by atoms with van der Waals surface area (Å²) in [7, 11) is 0. The van der Waals surface area contributed by atoms with Crippen LogP contribution in [0.1, 0.15) is 37.2 Å². The molecule has 3 N–H and O–H groups in total. The van der Waals surface area contributed by atoms with Crippen LogP contribution in [0.4, 0.5) is 0 Å². The van der Waals surface area contributed by atoms with Crippen LogP contribution in [0.25, 0.3) is 22.3 Å². The third-order valence-electron chi connectivity index (χ3n) is 7.46. The molecule has 3 fully saturated rings. The van der Waals surface area contributed by atoms with Gasteiger partial charge in [-0.1, -0.05) is 24.3 Å². The van der Waals surface area contributed by atoms with Gasteiger partial charge in [0.2, 0.25) is 0 Å². The number of aliphatic hydroxyl groups is 1. The molecule has 1 aromatic carbocycles. The number of benzene rings is 1. The van der Waals surface area contributed by atoms with E-state index in [0.29, 0.717) is 18.4 Å². The number of rotatable bonds is 5. The van der Waals surface area contributed by atoms with Gasteiger partial charge in [0.05, 0.1) is 35.9 Å². The van der Waals surface area contributed by atoms with Gasteiger partial charge in [0.15, 0.2) is 12.0 Å². The Bertz CT molecular complexity index is 1180. The first-order valence-electron chi connectivity index (χ1n) is 12.0. The Labute approximate surface area is 196 Å². The summed E-state index contributed by atoms with van der Waals surface area (Å²) in [6, 6.07) is 14.3. The molecule has 0 spiro atoms. The lowest BCUT2D eigenvalue weighted by Crippen LogP contribution is -2.34. The molecule has 3 aliphatic rings. The van der Waals surface area contributed by atoms with Crippen molar-refractivity contribution < 1.29 is 29.2 Å². The normalized spacial score (nSPS) is 31.0. The lowest BCUT2D eigenvalue weighted by Gasteiger charge is -2.26. The average Bonchev–Trinajstić information content (AvgIpc) is 3.55. The highest BCUT2D eigenvalue weighted by atomic mass is 16.6. The number of hydrogen-bond acceptors (Lipinski definition) is 6. The molecule has 8 heteroatoms. The number of carbonyl (C=O) groups is 1. The monoisotopic (exact) mass is 464 g/mol. The standard InChI is InChI=1S/C26H28N2O6/c29-21-12-32-25-22(13-33-24(21)25)34-23-11-20-19(28-23)10-9-18(27-20)16-5-1-14(2-6-16)15-3-7-17(8-4-15)26(30)31/h1-2,5-6,9-11,15,17,21-22,24-25,28-29H,3-4,7-8,12-13H2,(H,30,31)/t15-,17-,21-,22-,24-,25-/m1/s1. The zero-order valence-corrected chi connectivity index (χ0v) is 18.7. The molecule has 3 aromatic rings. The number of pyridine rings is 1. The lowest BCUT2D eigenvalue weighted by atomic mass is 9.78. The van der Waals surface area contributed by atoms with Crippen molar-refractivity contribution >= 4 is 17.0 Å². The number of carboxylic acids is 1. The molecule has 0 bridgehead atoms. The Kier molecular flexibility index (Phi) is 5.51. The Morgan fingerprint density at radius 3 is 2.53 bits per heavy atom. The van der Waals surface area contributed by atoms with E-state index in [0.717, 1.165) is 48.0 Å². The topological polar surface area (TPSA) is 114 Å². The summed E-state index contributed by atoms with van der Waals surface area (Å²) in [5, 5.41) is 19.1. The molecule has 34 heavy (non-hydrogen) atoms. The summed E-state index contributed by atoms with van der Waals surface area (Å²) in [5.74, 6) is 0.168. The fourth-order valence-electron chi connectivity index (χ4n) is 5.52. The number of aromatic nitrogens is 2. The van der Waals surface area contributed by atoms with Crippen LogP contribution in [0.2, 0.25) is 0 Å². The number of aliphatic hydroxyl groups excluding tert-OH is 1. The second-order valence-corrected chi connectivity index (χ2v) is 9.59. The van der Waals surface area contributed by atoms with E-state index in [2.05, 4.69) is 29.2 Å². The van der Waals surface area contributed by atoms with Gasteiger partial charge in [0, 0.05) is 11.6 Å². The zero-order valence-electron chi connectivity index (χ0n) is 18.7. The number of nitrogens with zero attached hydrogens (tertiary/aromatic N) is 1. The third-order valence-corrected chi connectivity index (χ3v) is 7.46. The van der Waals surface area contributed by atoms with Gasteiger partial charge in [0.1, 0.15) is 18.3 Å². The Morgan fingerprint density at radius 1 is 1.00 bits per heavy atom. The van der Waals surface area contributed by atoms with Crippen molar-refractivity contribution in [1.82, 2.24) is 9.97 Å². The largest absolute Gasteiger partial charge is 0.481 e. The van der Waals surface area contributed by atoms with E-state index >= 15 is 0 Å². The van der Waals surface area contributed by atoms with Crippen LogP contribution in [0.5, 0.6) is 5.88 Å². The number of fused-ring (bicyclic) bond motifs is 2. The number of carboxylic acid groups (broad SMARTS) is 1. The molecule has 0 radical (unpaired) electrons. The van der Waals surface area contributed by atoms with E-state index in [-0.39, 0.29) is 30.8 Å². The van der Waals surface area contributed by atoms with Gasteiger partial charge in [-0.25, -0.2) is 4.98 Å². The predicted octanol–water partition coefficient (Wildman–Crippen LogP) is 3.49. The summed E-state index contributed by atoms with van der Waals surface area (Å²) >= 11 is 0. The minimum atomic E-state index is -0.667. The fraction of sp³-hybridized carbons (Fsp3) is 0.462. The SMILES string of the molecule is O=C(O)[C@H]1CC[C@H](c2ccc(-c3ccc4[nH]c(O[C@@H]5CO[C@H]6[C@@H]5OC[C@H]6O)cc4n3)cc2)CC1. The molecule has 8 nitrogen and oxygen atoms in total. The third kappa shape index (κ3) is 3.96. The van der Waals surface area contributed by atoms with Gasteiger partial charge in [-0.15, -0.1) is 0 Å². The molecular formula is C26H28N2O6. The van der Waals surface area contributed by atoms with Crippen molar-refractivity contribution in [3.63, 3.8) is 0 Å². The van der Waals surface area contributed by atoms with Gasteiger partial charge in [-0.05, 0) is 49.3 Å². The molecule has 4 atom stereocenters. The maximum Gasteiger partial charge on any atom is 0.306 e. The molecular weight excluding hydrogens is 436 g/mol. The highest BCUT2D eigenvalue weighted by Crippen LogP contribution is 2.37. The summed E-state index contributed by atoms with van der Waals surface area (Å²) in [6.07, 6.45) is 1.88. The van der Waals surface area contributed by atoms with E-state index in [4.69, 9.17) is 19.2 Å². The number of aliphatic carboxylic acids is 1. The minimum absolute atomic E-state index is 0.193. The van der Waals surface area contributed by atoms with Crippen molar-refractivity contribution in [2.45, 2.75) is 56.0 Å². The van der Waals surface area contributed by atoms with Crippen LogP contribution in [-0.2, 0) is 14.3 Å². The van der Waals surface area contributed by atoms with Gasteiger partial charge in [-0.3, -0.25) is 4.79 Å². The van der Waals surface area contributed by atoms with Gasteiger partial charge in [-0.2, -0.15) is 0 Å². The second-order valence-electron chi connectivity index (χ2n) is 9.59. The first kappa shape index (κ1) is 21.6. The lowest BCUT2D eigenvalue weighted by molar-refractivity contribution is -0.142. The number of hydrogen-bond donors (Lipinski definition) is 3. The van der Waals surface area contributed by atoms with Crippen LogP contribution in [-0.4, -0.2) is 63.8 Å². The average molecular weight is 465 g/mol. The molecule has 0 unspecified atom stereocenters.